The van der Waals surface area contributed by atoms with Crippen molar-refractivity contribution in [2.45, 2.75) is 44.3 Å². The molecule has 0 saturated heterocycles. The summed E-state index contributed by atoms with van der Waals surface area (Å²) in [6.45, 7) is 0.569. The van der Waals surface area contributed by atoms with Crippen molar-refractivity contribution in [3.05, 3.63) is 57.5 Å². The van der Waals surface area contributed by atoms with Gasteiger partial charge in [-0.05, 0) is 49.3 Å². The zero-order valence-corrected chi connectivity index (χ0v) is 18.7. The van der Waals surface area contributed by atoms with Crippen LogP contribution < -0.4 is 16.2 Å². The van der Waals surface area contributed by atoms with Crippen molar-refractivity contribution >= 4 is 11.8 Å². The molecular formula is C23H28FN5O4. The molecule has 176 valence electrons. The van der Waals surface area contributed by atoms with Crippen LogP contribution in [0.2, 0.25) is 0 Å². The molecule has 2 bridgehead atoms. The van der Waals surface area contributed by atoms with Gasteiger partial charge < -0.3 is 15.3 Å². The predicted octanol–water partition coefficient (Wildman–Crippen LogP) is 1.09. The third kappa shape index (κ3) is 4.47. The quantitative estimate of drug-likeness (QED) is 0.598. The first kappa shape index (κ1) is 22.9. The summed E-state index contributed by atoms with van der Waals surface area (Å²) < 4.78 is 14.6. The van der Waals surface area contributed by atoms with Crippen molar-refractivity contribution in [1.82, 2.24) is 25.1 Å². The third-order valence-electron chi connectivity index (χ3n) is 6.63. The van der Waals surface area contributed by atoms with E-state index in [0.29, 0.717) is 30.8 Å². The lowest BCUT2D eigenvalue weighted by Gasteiger charge is -2.37. The minimum absolute atomic E-state index is 0.0700. The lowest BCUT2D eigenvalue weighted by Crippen LogP contribution is -2.50. The number of likely N-dealkylation sites (N-methyl/N-ethyl adjacent to an activating group) is 1. The van der Waals surface area contributed by atoms with Crippen molar-refractivity contribution < 1.29 is 19.1 Å². The summed E-state index contributed by atoms with van der Waals surface area (Å²) in [5, 5.41) is 16.5. The highest BCUT2D eigenvalue weighted by Gasteiger charge is 2.45. The molecule has 0 radical (unpaired) electrons. The summed E-state index contributed by atoms with van der Waals surface area (Å²) in [7, 11) is 3.34. The maximum atomic E-state index is 13.1. The Morgan fingerprint density at radius 3 is 2.55 bits per heavy atom. The fourth-order valence-electron chi connectivity index (χ4n) is 4.60. The lowest BCUT2D eigenvalue weighted by molar-refractivity contribution is -0.128. The van der Waals surface area contributed by atoms with E-state index >= 15 is 0 Å². The van der Waals surface area contributed by atoms with Crippen LogP contribution in [0.1, 0.15) is 47.6 Å². The molecule has 2 aromatic rings. The van der Waals surface area contributed by atoms with Gasteiger partial charge in [0.1, 0.15) is 11.6 Å². The van der Waals surface area contributed by atoms with Gasteiger partial charge in [-0.15, -0.1) is 0 Å². The van der Waals surface area contributed by atoms with Gasteiger partial charge in [-0.25, -0.2) is 9.37 Å². The molecule has 1 aliphatic carbocycles. The Balaban J connectivity index is 1.66. The van der Waals surface area contributed by atoms with E-state index in [9.17, 15) is 23.9 Å². The maximum Gasteiger partial charge on any atom is 0.296 e. The highest BCUT2D eigenvalue weighted by atomic mass is 19.1. The summed E-state index contributed by atoms with van der Waals surface area (Å²) in [4.78, 5) is 44.1. The molecule has 5 rings (SSSR count). The van der Waals surface area contributed by atoms with E-state index in [-0.39, 0.29) is 36.4 Å². The van der Waals surface area contributed by atoms with E-state index in [1.165, 1.54) is 33.7 Å². The SMILES string of the molecule is CN(C)C(=O)CNC12CCC(CC1)Cn1c2nc(C(=O)NCc2ccc(F)cc2)c(O)c1=O. The second-order valence-electron chi connectivity index (χ2n) is 9.02. The van der Waals surface area contributed by atoms with E-state index in [2.05, 4.69) is 15.6 Å². The van der Waals surface area contributed by atoms with E-state index in [1.54, 1.807) is 14.1 Å². The number of halogens is 1. The van der Waals surface area contributed by atoms with Gasteiger partial charge in [0.25, 0.3) is 11.5 Å². The van der Waals surface area contributed by atoms with Crippen LogP contribution in [0.5, 0.6) is 5.75 Å². The van der Waals surface area contributed by atoms with Crippen LogP contribution in [0, 0.1) is 11.7 Å². The molecule has 9 nitrogen and oxygen atoms in total. The molecule has 2 amide bonds. The Morgan fingerprint density at radius 1 is 1.24 bits per heavy atom. The molecule has 10 heteroatoms. The topological polar surface area (TPSA) is 117 Å². The number of rotatable bonds is 6. The summed E-state index contributed by atoms with van der Waals surface area (Å²) >= 11 is 0. The number of fused-ring (bicyclic) bond motifs is 2. The van der Waals surface area contributed by atoms with Gasteiger partial charge >= 0.3 is 0 Å². The van der Waals surface area contributed by atoms with Crippen LogP contribution in [-0.4, -0.2) is 52.0 Å². The highest BCUT2D eigenvalue weighted by Crippen LogP contribution is 2.42. The number of carbonyl (C=O) groups is 2. The van der Waals surface area contributed by atoms with E-state index in [1.807, 2.05) is 0 Å². The van der Waals surface area contributed by atoms with Crippen molar-refractivity contribution in [3.8, 4) is 5.75 Å². The summed E-state index contributed by atoms with van der Waals surface area (Å²) in [6.07, 6.45) is 3.04. The Hall–Kier alpha value is -3.27. The third-order valence-corrected chi connectivity index (χ3v) is 6.63. The number of benzene rings is 1. The molecular weight excluding hydrogens is 429 g/mol. The Bertz CT molecular complexity index is 1120. The molecule has 1 aromatic carbocycles. The molecule has 1 saturated carbocycles. The van der Waals surface area contributed by atoms with Gasteiger partial charge in [0.05, 0.1) is 12.1 Å². The van der Waals surface area contributed by atoms with E-state index < -0.39 is 22.8 Å². The number of aromatic nitrogens is 2. The van der Waals surface area contributed by atoms with Crippen LogP contribution in [0.15, 0.2) is 29.1 Å². The Morgan fingerprint density at radius 2 is 1.91 bits per heavy atom. The number of carbonyl (C=O) groups excluding carboxylic acids is 2. The van der Waals surface area contributed by atoms with Crippen molar-refractivity contribution in [2.75, 3.05) is 20.6 Å². The molecule has 0 atom stereocenters. The molecule has 2 aliphatic heterocycles. The first-order chi connectivity index (χ1) is 15.7. The van der Waals surface area contributed by atoms with E-state index in [0.717, 1.165) is 12.8 Å². The lowest BCUT2D eigenvalue weighted by atomic mass is 9.77. The summed E-state index contributed by atoms with van der Waals surface area (Å²) in [6, 6.07) is 5.64. The largest absolute Gasteiger partial charge is 0.501 e. The summed E-state index contributed by atoms with van der Waals surface area (Å²) in [5.74, 6) is -1.25. The highest BCUT2D eigenvalue weighted by molar-refractivity contribution is 5.94. The minimum Gasteiger partial charge on any atom is -0.501 e. The molecule has 0 spiro atoms. The van der Waals surface area contributed by atoms with Gasteiger partial charge in [-0.3, -0.25) is 24.3 Å². The normalized spacial score (nSPS) is 21.2. The number of aromatic hydroxyl groups is 1. The number of hydrogen-bond donors (Lipinski definition) is 3. The Labute approximate surface area is 190 Å². The molecule has 33 heavy (non-hydrogen) atoms. The van der Waals surface area contributed by atoms with Gasteiger partial charge in [0.15, 0.2) is 5.69 Å². The molecule has 1 fully saturated rings. The maximum absolute atomic E-state index is 13.1. The van der Waals surface area contributed by atoms with Gasteiger partial charge in [-0.1, -0.05) is 12.1 Å². The molecule has 0 unspecified atom stereocenters. The van der Waals surface area contributed by atoms with Crippen LogP contribution in [0.25, 0.3) is 0 Å². The average molecular weight is 458 g/mol. The summed E-state index contributed by atoms with van der Waals surface area (Å²) in [5.41, 5.74) is -1.09. The molecule has 3 N–H and O–H groups in total. The van der Waals surface area contributed by atoms with Crippen molar-refractivity contribution in [2.24, 2.45) is 5.92 Å². The second kappa shape index (κ2) is 8.93. The van der Waals surface area contributed by atoms with Crippen molar-refractivity contribution in [1.29, 1.82) is 0 Å². The van der Waals surface area contributed by atoms with Crippen LogP contribution in [-0.2, 0) is 23.4 Å². The van der Waals surface area contributed by atoms with Crippen molar-refractivity contribution in [3.63, 3.8) is 0 Å². The number of nitrogens with one attached hydrogen (secondary N) is 2. The predicted molar refractivity (Wildman–Crippen MR) is 118 cm³/mol. The van der Waals surface area contributed by atoms with Gasteiger partial charge in [0, 0.05) is 27.2 Å². The minimum atomic E-state index is -0.739. The van der Waals surface area contributed by atoms with Gasteiger partial charge in [0.2, 0.25) is 11.7 Å². The fourth-order valence-corrected chi connectivity index (χ4v) is 4.60. The monoisotopic (exact) mass is 457 g/mol. The average Bonchev–Trinajstić information content (AvgIpc) is 3.05. The standard InChI is InChI=1S/C23H28FN5O4/c1-28(2)17(30)12-26-23-9-7-15(8-10-23)13-29-21(33)19(31)18(27-22(23)29)20(32)25-11-14-3-5-16(24)6-4-14/h3-6,15,26,31H,7-13H2,1-2H3,(H,25,32). The number of amides is 2. The molecule has 1 aromatic heterocycles. The van der Waals surface area contributed by atoms with Gasteiger partial charge in [-0.2, -0.15) is 0 Å². The second-order valence-corrected chi connectivity index (χ2v) is 9.02. The zero-order chi connectivity index (χ0) is 23.8. The van der Waals surface area contributed by atoms with Crippen LogP contribution >= 0.6 is 0 Å². The first-order valence-corrected chi connectivity index (χ1v) is 11.0. The van der Waals surface area contributed by atoms with E-state index in [4.69, 9.17) is 0 Å². The van der Waals surface area contributed by atoms with Crippen LogP contribution in [0.3, 0.4) is 0 Å². The smallest absolute Gasteiger partial charge is 0.296 e. The number of hydrogen-bond acceptors (Lipinski definition) is 6. The Kier molecular flexibility index (Phi) is 6.20. The first-order valence-electron chi connectivity index (χ1n) is 11.0. The number of nitrogens with zero attached hydrogens (tertiary/aromatic N) is 3. The zero-order valence-electron chi connectivity index (χ0n) is 18.7. The fraction of sp³-hybridized carbons (Fsp3) is 0.478. The van der Waals surface area contributed by atoms with Crippen LogP contribution in [0.4, 0.5) is 4.39 Å². The molecule has 3 aliphatic rings. The molecule has 3 heterocycles.